The van der Waals surface area contributed by atoms with E-state index in [4.69, 9.17) is 5.11 Å². The standard InChI is InChI=1S/C13H15N3O3/c17-8-10-3-1-9(2-4-10)7-14-13(19)11-5-6-12(18)16-15-11/h1-4,17H,5-8H2,(H,14,19)(H,16,18). The Kier molecular flexibility index (Phi) is 4.25. The largest absolute Gasteiger partial charge is 0.392 e. The molecule has 1 aliphatic rings. The van der Waals surface area contributed by atoms with E-state index in [0.717, 1.165) is 11.1 Å². The first kappa shape index (κ1) is 13.2. The molecule has 0 unspecified atom stereocenters. The van der Waals surface area contributed by atoms with Crippen LogP contribution in [0.5, 0.6) is 0 Å². The van der Waals surface area contributed by atoms with Crippen LogP contribution in [-0.4, -0.2) is 22.6 Å². The highest BCUT2D eigenvalue weighted by molar-refractivity contribution is 6.39. The Morgan fingerprint density at radius 2 is 1.95 bits per heavy atom. The molecular weight excluding hydrogens is 246 g/mol. The molecule has 0 saturated heterocycles. The Morgan fingerprint density at radius 3 is 2.53 bits per heavy atom. The van der Waals surface area contributed by atoms with Gasteiger partial charge >= 0.3 is 0 Å². The minimum Gasteiger partial charge on any atom is -0.392 e. The molecule has 1 heterocycles. The van der Waals surface area contributed by atoms with Crippen LogP contribution in [0, 0.1) is 0 Å². The second kappa shape index (κ2) is 6.10. The Balaban J connectivity index is 1.87. The second-order valence-corrected chi connectivity index (χ2v) is 4.25. The summed E-state index contributed by atoms with van der Waals surface area (Å²) in [5.74, 6) is -0.442. The number of hydrogen-bond acceptors (Lipinski definition) is 4. The van der Waals surface area contributed by atoms with Crippen molar-refractivity contribution in [2.45, 2.75) is 26.0 Å². The second-order valence-electron chi connectivity index (χ2n) is 4.25. The highest BCUT2D eigenvalue weighted by Gasteiger charge is 2.17. The van der Waals surface area contributed by atoms with Gasteiger partial charge in [-0.2, -0.15) is 5.10 Å². The van der Waals surface area contributed by atoms with E-state index in [1.807, 2.05) is 12.1 Å². The van der Waals surface area contributed by atoms with Gasteiger partial charge in [0.15, 0.2) is 0 Å². The number of nitrogens with one attached hydrogen (secondary N) is 2. The van der Waals surface area contributed by atoms with Crippen LogP contribution in [0.15, 0.2) is 29.4 Å². The van der Waals surface area contributed by atoms with Gasteiger partial charge in [-0.3, -0.25) is 9.59 Å². The van der Waals surface area contributed by atoms with Crippen molar-refractivity contribution in [3.63, 3.8) is 0 Å². The third-order valence-corrected chi connectivity index (χ3v) is 2.83. The number of hydrazone groups is 1. The number of aliphatic hydroxyl groups excluding tert-OH is 1. The van der Waals surface area contributed by atoms with Gasteiger partial charge < -0.3 is 10.4 Å². The SMILES string of the molecule is O=C1CCC(C(=O)NCc2ccc(CO)cc2)=NN1. The lowest BCUT2D eigenvalue weighted by Crippen LogP contribution is -2.36. The maximum absolute atomic E-state index is 11.8. The lowest BCUT2D eigenvalue weighted by Gasteiger charge is -2.12. The molecule has 0 radical (unpaired) electrons. The number of rotatable bonds is 4. The third-order valence-electron chi connectivity index (χ3n) is 2.83. The quantitative estimate of drug-likeness (QED) is 0.716. The Bertz CT molecular complexity index is 508. The van der Waals surface area contributed by atoms with Crippen LogP contribution >= 0.6 is 0 Å². The number of carbonyl (C=O) groups is 2. The van der Waals surface area contributed by atoms with Crippen molar-refractivity contribution in [3.8, 4) is 0 Å². The van der Waals surface area contributed by atoms with E-state index in [9.17, 15) is 9.59 Å². The van der Waals surface area contributed by atoms with Crippen molar-refractivity contribution >= 4 is 17.5 Å². The van der Waals surface area contributed by atoms with E-state index in [0.29, 0.717) is 18.7 Å². The fourth-order valence-electron chi connectivity index (χ4n) is 1.68. The third kappa shape index (κ3) is 3.62. The van der Waals surface area contributed by atoms with Crippen LogP contribution in [0.1, 0.15) is 24.0 Å². The predicted molar refractivity (Wildman–Crippen MR) is 69.0 cm³/mol. The summed E-state index contributed by atoms with van der Waals surface area (Å²) in [7, 11) is 0. The van der Waals surface area contributed by atoms with Crippen LogP contribution < -0.4 is 10.7 Å². The molecule has 0 bridgehead atoms. The van der Waals surface area contributed by atoms with Crippen LogP contribution in [0.25, 0.3) is 0 Å². The van der Waals surface area contributed by atoms with Gasteiger partial charge in [0.2, 0.25) is 5.91 Å². The Labute approximate surface area is 110 Å². The predicted octanol–water partition coefficient (Wildman–Crippen LogP) is 0.0611. The molecule has 1 aromatic rings. The summed E-state index contributed by atoms with van der Waals surface area (Å²) in [6.07, 6.45) is 0.651. The van der Waals surface area contributed by atoms with Crippen LogP contribution in [0.4, 0.5) is 0 Å². The summed E-state index contributed by atoms with van der Waals surface area (Å²) in [4.78, 5) is 22.7. The van der Waals surface area contributed by atoms with Gasteiger partial charge in [-0.15, -0.1) is 0 Å². The van der Waals surface area contributed by atoms with Gasteiger partial charge in [-0.1, -0.05) is 24.3 Å². The minimum absolute atomic E-state index is 0.00312. The van der Waals surface area contributed by atoms with Crippen molar-refractivity contribution in [2.24, 2.45) is 5.10 Å². The van der Waals surface area contributed by atoms with Crippen molar-refractivity contribution in [3.05, 3.63) is 35.4 Å². The van der Waals surface area contributed by atoms with Gasteiger partial charge in [0.25, 0.3) is 5.91 Å². The first-order valence-corrected chi connectivity index (χ1v) is 6.01. The minimum atomic E-state index is -0.272. The summed E-state index contributed by atoms with van der Waals surface area (Å²) in [6, 6.07) is 7.30. The summed E-state index contributed by atoms with van der Waals surface area (Å²) in [5, 5.41) is 15.4. The number of carbonyl (C=O) groups excluding carboxylic acids is 2. The molecule has 0 spiro atoms. The average Bonchev–Trinajstić information content (AvgIpc) is 2.46. The molecule has 0 atom stereocenters. The van der Waals surface area contributed by atoms with Crippen molar-refractivity contribution in [1.82, 2.24) is 10.7 Å². The zero-order valence-electron chi connectivity index (χ0n) is 10.3. The molecule has 100 valence electrons. The number of benzene rings is 1. The van der Waals surface area contributed by atoms with Crippen LogP contribution in [-0.2, 0) is 22.7 Å². The van der Waals surface area contributed by atoms with Gasteiger partial charge in [-0.25, -0.2) is 5.43 Å². The average molecular weight is 261 g/mol. The van der Waals surface area contributed by atoms with E-state index in [1.54, 1.807) is 12.1 Å². The highest BCUT2D eigenvalue weighted by Crippen LogP contribution is 2.05. The molecule has 2 amide bonds. The number of amides is 2. The lowest BCUT2D eigenvalue weighted by molar-refractivity contribution is -0.121. The first-order chi connectivity index (χ1) is 9.19. The molecule has 1 aliphatic heterocycles. The lowest BCUT2D eigenvalue weighted by atomic mass is 10.1. The molecule has 1 aromatic carbocycles. The fraction of sp³-hybridized carbons (Fsp3) is 0.308. The number of nitrogens with zero attached hydrogens (tertiary/aromatic N) is 1. The smallest absolute Gasteiger partial charge is 0.267 e. The van der Waals surface area contributed by atoms with Crippen molar-refractivity contribution < 1.29 is 14.7 Å². The highest BCUT2D eigenvalue weighted by atomic mass is 16.3. The first-order valence-electron chi connectivity index (χ1n) is 6.01. The molecular formula is C13H15N3O3. The summed E-state index contributed by atoms with van der Waals surface area (Å²) >= 11 is 0. The summed E-state index contributed by atoms with van der Waals surface area (Å²) < 4.78 is 0. The van der Waals surface area contributed by atoms with E-state index in [-0.39, 0.29) is 24.8 Å². The van der Waals surface area contributed by atoms with Gasteiger partial charge in [-0.05, 0) is 11.1 Å². The van der Waals surface area contributed by atoms with Crippen molar-refractivity contribution in [2.75, 3.05) is 0 Å². The number of hydrogen-bond donors (Lipinski definition) is 3. The van der Waals surface area contributed by atoms with Gasteiger partial charge in [0.05, 0.1) is 6.61 Å². The zero-order valence-corrected chi connectivity index (χ0v) is 10.3. The van der Waals surface area contributed by atoms with E-state index < -0.39 is 0 Å². The summed E-state index contributed by atoms with van der Waals surface area (Å²) in [5.41, 5.74) is 4.39. The molecule has 6 nitrogen and oxygen atoms in total. The van der Waals surface area contributed by atoms with Crippen molar-refractivity contribution in [1.29, 1.82) is 0 Å². The van der Waals surface area contributed by atoms with Gasteiger partial charge in [0, 0.05) is 19.4 Å². The Hall–Kier alpha value is -2.21. The molecule has 0 aromatic heterocycles. The molecule has 6 heteroatoms. The fourth-order valence-corrected chi connectivity index (χ4v) is 1.68. The van der Waals surface area contributed by atoms with Gasteiger partial charge in [0.1, 0.15) is 5.71 Å². The topological polar surface area (TPSA) is 90.8 Å². The van der Waals surface area contributed by atoms with Crippen LogP contribution in [0.3, 0.4) is 0 Å². The monoisotopic (exact) mass is 261 g/mol. The maximum Gasteiger partial charge on any atom is 0.267 e. The molecule has 3 N–H and O–H groups in total. The van der Waals surface area contributed by atoms with E-state index in [1.165, 1.54) is 0 Å². The molecule has 19 heavy (non-hydrogen) atoms. The molecule has 0 saturated carbocycles. The van der Waals surface area contributed by atoms with E-state index >= 15 is 0 Å². The van der Waals surface area contributed by atoms with E-state index in [2.05, 4.69) is 15.8 Å². The summed E-state index contributed by atoms with van der Waals surface area (Å²) in [6.45, 7) is 0.390. The molecule has 2 rings (SSSR count). The zero-order chi connectivity index (χ0) is 13.7. The number of aliphatic hydroxyl groups is 1. The maximum atomic E-state index is 11.8. The molecule has 0 fully saturated rings. The normalized spacial score (nSPS) is 14.6. The molecule has 0 aliphatic carbocycles. The Morgan fingerprint density at radius 1 is 1.26 bits per heavy atom. The van der Waals surface area contributed by atoms with Crippen LogP contribution in [0.2, 0.25) is 0 Å².